The summed E-state index contributed by atoms with van der Waals surface area (Å²) in [7, 11) is 1.27. The highest BCUT2D eigenvalue weighted by Gasteiger charge is 2.39. The van der Waals surface area contributed by atoms with Gasteiger partial charge in [-0.1, -0.05) is 40.7 Å². The molecule has 2 saturated heterocycles. The maximum atomic E-state index is 13.9. The first-order valence-electron chi connectivity index (χ1n) is 19.7. The number of carbonyl (C=O) groups is 4. The molecule has 4 N–H and O–H groups in total. The number of aromatic amines is 2. The highest BCUT2D eigenvalue weighted by molar-refractivity contribution is 5.93. The summed E-state index contributed by atoms with van der Waals surface area (Å²) in [6.45, 7) is 10.5. The molecule has 0 bridgehead atoms. The van der Waals surface area contributed by atoms with E-state index in [1.807, 2.05) is 44.7 Å². The Balaban J connectivity index is 1.10. The first kappa shape index (κ1) is 39.3. The molecule has 300 valence electrons. The van der Waals surface area contributed by atoms with E-state index in [4.69, 9.17) is 9.15 Å². The van der Waals surface area contributed by atoms with Gasteiger partial charge in [0.1, 0.15) is 34.9 Å². The smallest absolute Gasteiger partial charge is 0.407 e. The van der Waals surface area contributed by atoms with E-state index in [-0.39, 0.29) is 47.1 Å². The molecule has 2 aromatic carbocycles. The molecule has 0 radical (unpaired) electrons. The normalized spacial score (nSPS) is 18.1. The minimum atomic E-state index is -0.732. The summed E-state index contributed by atoms with van der Waals surface area (Å²) < 4.78 is 11.0. The van der Waals surface area contributed by atoms with Crippen LogP contribution in [0, 0.1) is 11.8 Å². The van der Waals surface area contributed by atoms with Gasteiger partial charge < -0.3 is 39.6 Å². The minimum absolute atomic E-state index is 0.0683. The van der Waals surface area contributed by atoms with Crippen LogP contribution in [0.25, 0.3) is 44.5 Å². The van der Waals surface area contributed by atoms with Gasteiger partial charge in [0.25, 0.3) is 0 Å². The molecule has 15 heteroatoms. The lowest BCUT2D eigenvalue weighted by Gasteiger charge is -2.30. The average Bonchev–Trinajstić information content (AvgIpc) is 4.05. The molecule has 3 aromatic heterocycles. The third kappa shape index (κ3) is 7.74. The predicted octanol–water partition coefficient (Wildman–Crippen LogP) is 5.98. The van der Waals surface area contributed by atoms with Crippen molar-refractivity contribution in [3.8, 4) is 22.5 Å². The van der Waals surface area contributed by atoms with Crippen LogP contribution < -0.4 is 16.1 Å². The van der Waals surface area contributed by atoms with E-state index in [2.05, 4.69) is 30.6 Å². The third-order valence-corrected chi connectivity index (χ3v) is 11.1. The Kier molecular flexibility index (Phi) is 11.2. The number of likely N-dealkylation sites (tertiary alicyclic amines) is 2. The van der Waals surface area contributed by atoms with E-state index in [1.165, 1.54) is 7.11 Å². The number of nitrogens with one attached hydrogen (secondary N) is 4. The third-order valence-electron chi connectivity index (χ3n) is 11.1. The van der Waals surface area contributed by atoms with Crippen molar-refractivity contribution in [1.82, 2.24) is 40.4 Å². The van der Waals surface area contributed by atoms with Crippen LogP contribution in [-0.2, 0) is 19.1 Å². The van der Waals surface area contributed by atoms with Crippen LogP contribution >= 0.6 is 0 Å². The van der Waals surface area contributed by atoms with E-state index in [0.717, 1.165) is 36.8 Å². The van der Waals surface area contributed by atoms with Gasteiger partial charge in [-0.3, -0.25) is 19.2 Å². The number of aromatic nitrogens is 4. The Morgan fingerprint density at radius 1 is 0.789 bits per heavy atom. The molecule has 0 saturated carbocycles. The van der Waals surface area contributed by atoms with Crippen LogP contribution in [0.15, 0.2) is 58.0 Å². The minimum Gasteiger partial charge on any atom is -0.456 e. The van der Waals surface area contributed by atoms with Crippen LogP contribution in [0.3, 0.4) is 0 Å². The summed E-state index contributed by atoms with van der Waals surface area (Å²) in [5.74, 6) is 0.624. The maximum absolute atomic E-state index is 13.9. The molecule has 57 heavy (non-hydrogen) atoms. The molecule has 2 aliphatic heterocycles. The molecular weight excluding hydrogens is 729 g/mol. The van der Waals surface area contributed by atoms with Crippen molar-refractivity contribution in [2.75, 3.05) is 20.2 Å². The van der Waals surface area contributed by atoms with E-state index >= 15 is 0 Å². The number of hydrogen-bond acceptors (Lipinski definition) is 9. The van der Waals surface area contributed by atoms with Crippen molar-refractivity contribution >= 4 is 45.8 Å². The number of alkyl carbamates (subject to hydrolysis) is 1. The summed E-state index contributed by atoms with van der Waals surface area (Å²) >= 11 is 0. The molecular formula is C42H50N8O7. The molecule has 4 atom stereocenters. The monoisotopic (exact) mass is 778 g/mol. The number of H-pyrrole nitrogens is 2. The second-order valence-corrected chi connectivity index (χ2v) is 15.6. The fraction of sp³-hybridized carbons (Fsp3) is 0.452. The SMILES string of the molecule is CCC(=O)N[C@H](C(=O)N1CCC[C@H]1c1ncc(-c2ccc3oc4cc(-c5cnc([C@@H]6CCCN6C(=O)[C@@H](NC(=O)OC)C(C)C)[nH]5)ccc4c(=O)c3c2)[nH]1)C(C)C. The van der Waals surface area contributed by atoms with Crippen LogP contribution in [0.1, 0.15) is 90.5 Å². The van der Waals surface area contributed by atoms with Gasteiger partial charge in [0.15, 0.2) is 0 Å². The van der Waals surface area contributed by atoms with E-state index < -0.39 is 18.2 Å². The van der Waals surface area contributed by atoms with Crippen molar-refractivity contribution in [1.29, 1.82) is 0 Å². The quantitative estimate of drug-likeness (QED) is 0.117. The molecule has 0 unspecified atom stereocenters. The number of methoxy groups -OCH3 is 1. The summed E-state index contributed by atoms with van der Waals surface area (Å²) in [4.78, 5) is 84.9. The van der Waals surface area contributed by atoms with Crippen LogP contribution in [0.2, 0.25) is 0 Å². The van der Waals surface area contributed by atoms with Gasteiger partial charge in [-0.2, -0.15) is 0 Å². The lowest BCUT2D eigenvalue weighted by Crippen LogP contribution is -2.51. The van der Waals surface area contributed by atoms with Crippen LogP contribution in [-0.4, -0.2) is 85.8 Å². The Morgan fingerprint density at radius 2 is 1.33 bits per heavy atom. The highest BCUT2D eigenvalue weighted by atomic mass is 16.5. The van der Waals surface area contributed by atoms with Gasteiger partial charge in [-0.25, -0.2) is 14.8 Å². The fourth-order valence-corrected chi connectivity index (χ4v) is 7.97. The number of rotatable bonds is 11. The topological polar surface area (TPSA) is 196 Å². The summed E-state index contributed by atoms with van der Waals surface area (Å²) in [6, 6.07) is 8.93. The van der Waals surface area contributed by atoms with E-state index in [9.17, 15) is 24.0 Å². The van der Waals surface area contributed by atoms with Gasteiger partial charge in [-0.05, 0) is 67.9 Å². The highest BCUT2D eigenvalue weighted by Crippen LogP contribution is 2.35. The van der Waals surface area contributed by atoms with Gasteiger partial charge >= 0.3 is 6.09 Å². The van der Waals surface area contributed by atoms with Crippen molar-refractivity contribution in [3.63, 3.8) is 0 Å². The summed E-state index contributed by atoms with van der Waals surface area (Å²) in [6.07, 6.45) is 6.16. The standard InChI is InChI=1S/C42H50N8O7/c1-7-34(51)47-35(22(2)3)40(53)49-16-8-10-30(49)38-43-20-28(45-38)24-13-15-32-27(18-24)37(52)26-14-12-25(19-33(26)57-32)29-21-44-39(46-29)31-11-9-17-50(31)41(54)36(23(4)5)48-42(55)56-6/h12-15,18-23,30-31,35-36H,7-11,16-17H2,1-6H3,(H,43,45)(H,44,46)(H,47,51)(H,48,55)/t30-,31-,35-,36-/m0/s1. The van der Waals surface area contributed by atoms with Crippen LogP contribution in [0.5, 0.6) is 0 Å². The zero-order chi connectivity index (χ0) is 40.5. The molecule has 2 aliphatic rings. The largest absolute Gasteiger partial charge is 0.456 e. The molecule has 0 aliphatic carbocycles. The molecule has 0 spiro atoms. The number of carbonyl (C=O) groups excluding carboxylic acids is 4. The molecule has 5 aromatic rings. The lowest BCUT2D eigenvalue weighted by atomic mass is 10.0. The molecule has 7 rings (SSSR count). The van der Waals surface area contributed by atoms with Crippen LogP contribution in [0.4, 0.5) is 4.79 Å². The maximum Gasteiger partial charge on any atom is 0.407 e. The predicted molar refractivity (Wildman–Crippen MR) is 214 cm³/mol. The lowest BCUT2D eigenvalue weighted by molar-refractivity contribution is -0.138. The number of nitrogens with zero attached hydrogens (tertiary/aromatic N) is 4. The summed E-state index contributed by atoms with van der Waals surface area (Å²) in [5, 5.41) is 6.41. The molecule has 5 heterocycles. The Hall–Kier alpha value is -5.99. The Labute approximate surface area is 329 Å². The fourth-order valence-electron chi connectivity index (χ4n) is 7.97. The Morgan fingerprint density at radius 3 is 1.88 bits per heavy atom. The van der Waals surface area contributed by atoms with Crippen molar-refractivity contribution < 1.29 is 28.3 Å². The zero-order valence-corrected chi connectivity index (χ0v) is 33.2. The Bertz CT molecular complexity index is 2380. The van der Waals surface area contributed by atoms with Crippen molar-refractivity contribution in [2.45, 2.75) is 90.9 Å². The number of imidazole rings is 2. The number of fused-ring (bicyclic) bond motifs is 2. The molecule has 4 amide bonds. The van der Waals surface area contributed by atoms with E-state index in [0.29, 0.717) is 64.5 Å². The first-order valence-corrected chi connectivity index (χ1v) is 19.7. The number of benzene rings is 2. The van der Waals surface area contributed by atoms with Gasteiger partial charge in [0.2, 0.25) is 23.2 Å². The summed E-state index contributed by atoms with van der Waals surface area (Å²) in [5.41, 5.74) is 3.61. The van der Waals surface area contributed by atoms with Gasteiger partial charge in [0, 0.05) is 30.6 Å². The van der Waals surface area contributed by atoms with Crippen molar-refractivity contribution in [2.24, 2.45) is 11.8 Å². The molecule has 2 fully saturated rings. The van der Waals surface area contributed by atoms with Gasteiger partial charge in [0.05, 0.1) is 53.7 Å². The second-order valence-electron chi connectivity index (χ2n) is 15.6. The first-order chi connectivity index (χ1) is 27.4. The number of ether oxygens (including phenoxy) is 1. The number of amides is 4. The second kappa shape index (κ2) is 16.2. The molecule has 15 nitrogen and oxygen atoms in total. The van der Waals surface area contributed by atoms with Gasteiger partial charge in [-0.15, -0.1) is 0 Å². The van der Waals surface area contributed by atoms with E-state index in [1.54, 1.807) is 48.5 Å². The average molecular weight is 779 g/mol. The van der Waals surface area contributed by atoms with Crippen molar-refractivity contribution in [3.05, 3.63) is 70.7 Å². The number of hydrogen-bond donors (Lipinski definition) is 4. The zero-order valence-electron chi connectivity index (χ0n) is 33.2.